The van der Waals surface area contributed by atoms with E-state index in [1.165, 1.54) is 12.8 Å². The number of furan rings is 1. The topological polar surface area (TPSA) is 43.6 Å². The first-order valence-electron chi connectivity index (χ1n) is 6.62. The molecular weight excluding hydrogens is 242 g/mol. The Kier molecular flexibility index (Phi) is 3.44. The van der Waals surface area contributed by atoms with Crippen LogP contribution in [0.4, 0.5) is 0 Å². The lowest BCUT2D eigenvalue weighted by atomic mass is 10.1. The highest BCUT2D eigenvalue weighted by Crippen LogP contribution is 2.30. The van der Waals surface area contributed by atoms with E-state index in [-0.39, 0.29) is 0 Å². The lowest BCUT2D eigenvalue weighted by Gasteiger charge is -2.03. The van der Waals surface area contributed by atoms with Crippen molar-refractivity contribution in [1.82, 2.24) is 5.32 Å². The van der Waals surface area contributed by atoms with E-state index in [2.05, 4.69) is 5.32 Å². The summed E-state index contributed by atoms with van der Waals surface area (Å²) in [6.45, 7) is 1.32. The highest BCUT2D eigenvalue weighted by molar-refractivity contribution is 5.83. The average molecular weight is 261 g/mol. The molecule has 1 saturated carbocycles. The molecule has 0 radical (unpaired) electrons. The monoisotopic (exact) mass is 261 g/mol. The number of rotatable bonds is 6. The number of methoxy groups -OCH3 is 2. The Balaban J connectivity index is 1.96. The SMILES string of the molecule is COCc1c(CNC2CC2)oc2ccc(OC)cc12. The van der Waals surface area contributed by atoms with Crippen molar-refractivity contribution >= 4 is 11.0 Å². The molecule has 1 aliphatic rings. The normalized spacial score (nSPS) is 15.1. The molecule has 0 amide bonds. The number of benzene rings is 1. The molecule has 0 saturated heterocycles. The van der Waals surface area contributed by atoms with Gasteiger partial charge in [-0.05, 0) is 31.0 Å². The molecular formula is C15H19NO3. The summed E-state index contributed by atoms with van der Waals surface area (Å²) in [5.74, 6) is 1.81. The molecule has 0 bridgehead atoms. The molecule has 3 rings (SSSR count). The van der Waals surface area contributed by atoms with Crippen molar-refractivity contribution in [3.8, 4) is 5.75 Å². The van der Waals surface area contributed by atoms with Crippen LogP contribution < -0.4 is 10.1 Å². The predicted molar refractivity (Wildman–Crippen MR) is 73.3 cm³/mol. The quantitative estimate of drug-likeness (QED) is 0.868. The summed E-state index contributed by atoms with van der Waals surface area (Å²) in [6.07, 6.45) is 2.54. The molecule has 102 valence electrons. The number of fused-ring (bicyclic) bond motifs is 1. The molecule has 0 spiro atoms. The second kappa shape index (κ2) is 5.23. The van der Waals surface area contributed by atoms with Gasteiger partial charge in [0.15, 0.2) is 0 Å². The van der Waals surface area contributed by atoms with Crippen LogP contribution in [0.1, 0.15) is 24.2 Å². The number of nitrogens with one attached hydrogen (secondary N) is 1. The number of ether oxygens (including phenoxy) is 2. The van der Waals surface area contributed by atoms with Gasteiger partial charge in [-0.1, -0.05) is 0 Å². The molecule has 1 N–H and O–H groups in total. The minimum atomic E-state index is 0.557. The van der Waals surface area contributed by atoms with Crippen LogP contribution in [0.25, 0.3) is 11.0 Å². The summed E-state index contributed by atoms with van der Waals surface area (Å²) >= 11 is 0. The summed E-state index contributed by atoms with van der Waals surface area (Å²) in [5.41, 5.74) is 2.00. The van der Waals surface area contributed by atoms with E-state index in [1.807, 2.05) is 18.2 Å². The minimum absolute atomic E-state index is 0.557. The second-order valence-corrected chi connectivity index (χ2v) is 4.95. The highest BCUT2D eigenvalue weighted by atomic mass is 16.5. The molecule has 0 unspecified atom stereocenters. The summed E-state index contributed by atoms with van der Waals surface area (Å²) in [7, 11) is 3.38. The smallest absolute Gasteiger partial charge is 0.135 e. The third-order valence-corrected chi connectivity index (χ3v) is 3.50. The van der Waals surface area contributed by atoms with Gasteiger partial charge in [-0.25, -0.2) is 0 Å². The summed E-state index contributed by atoms with van der Waals surface area (Å²) < 4.78 is 16.5. The third kappa shape index (κ3) is 2.60. The fourth-order valence-electron chi connectivity index (χ4n) is 2.28. The summed E-state index contributed by atoms with van der Waals surface area (Å²) in [6, 6.07) is 6.54. The van der Waals surface area contributed by atoms with Crippen molar-refractivity contribution in [3.05, 3.63) is 29.5 Å². The van der Waals surface area contributed by atoms with Crippen molar-refractivity contribution in [2.45, 2.75) is 32.0 Å². The number of hydrogen-bond donors (Lipinski definition) is 1. The zero-order valence-electron chi connectivity index (χ0n) is 11.4. The summed E-state index contributed by atoms with van der Waals surface area (Å²) in [5, 5.41) is 4.56. The van der Waals surface area contributed by atoms with Gasteiger partial charge in [-0.15, -0.1) is 0 Å². The van der Waals surface area contributed by atoms with Crippen LogP contribution in [-0.4, -0.2) is 20.3 Å². The van der Waals surface area contributed by atoms with Crippen molar-refractivity contribution in [2.24, 2.45) is 0 Å². The molecule has 4 nitrogen and oxygen atoms in total. The van der Waals surface area contributed by atoms with Gasteiger partial charge in [0.05, 0.1) is 20.3 Å². The van der Waals surface area contributed by atoms with Gasteiger partial charge in [0.25, 0.3) is 0 Å². The summed E-state index contributed by atoms with van der Waals surface area (Å²) in [4.78, 5) is 0. The molecule has 1 aliphatic carbocycles. The van der Waals surface area contributed by atoms with Gasteiger partial charge < -0.3 is 19.2 Å². The van der Waals surface area contributed by atoms with Gasteiger partial charge in [-0.2, -0.15) is 0 Å². The van der Waals surface area contributed by atoms with E-state index < -0.39 is 0 Å². The van der Waals surface area contributed by atoms with Gasteiger partial charge in [0, 0.05) is 24.1 Å². The average Bonchev–Trinajstić information content (AvgIpc) is 3.20. The van der Waals surface area contributed by atoms with Gasteiger partial charge in [0.1, 0.15) is 17.1 Å². The van der Waals surface area contributed by atoms with Crippen molar-refractivity contribution in [2.75, 3.05) is 14.2 Å². The Hall–Kier alpha value is -1.52. The molecule has 1 aromatic heterocycles. The maximum Gasteiger partial charge on any atom is 0.135 e. The van der Waals surface area contributed by atoms with Crippen LogP contribution >= 0.6 is 0 Å². The van der Waals surface area contributed by atoms with E-state index in [4.69, 9.17) is 13.9 Å². The van der Waals surface area contributed by atoms with Crippen LogP contribution in [0.15, 0.2) is 22.6 Å². The fourth-order valence-corrected chi connectivity index (χ4v) is 2.28. The van der Waals surface area contributed by atoms with Crippen LogP contribution in [-0.2, 0) is 17.9 Å². The molecule has 0 atom stereocenters. The molecule has 1 aromatic carbocycles. The molecule has 4 heteroatoms. The number of hydrogen-bond acceptors (Lipinski definition) is 4. The minimum Gasteiger partial charge on any atom is -0.497 e. The van der Waals surface area contributed by atoms with Crippen LogP contribution in [0.5, 0.6) is 5.75 Å². The lowest BCUT2D eigenvalue weighted by Crippen LogP contribution is -2.15. The second-order valence-electron chi connectivity index (χ2n) is 4.95. The lowest BCUT2D eigenvalue weighted by molar-refractivity contribution is 0.183. The van der Waals surface area contributed by atoms with E-state index in [0.29, 0.717) is 12.6 Å². The van der Waals surface area contributed by atoms with E-state index in [9.17, 15) is 0 Å². The Morgan fingerprint density at radius 2 is 2.16 bits per heavy atom. The molecule has 19 heavy (non-hydrogen) atoms. The fraction of sp³-hybridized carbons (Fsp3) is 0.467. The maximum atomic E-state index is 5.93. The van der Waals surface area contributed by atoms with Crippen molar-refractivity contribution in [3.63, 3.8) is 0 Å². The van der Waals surface area contributed by atoms with Crippen LogP contribution in [0.2, 0.25) is 0 Å². The molecule has 1 fully saturated rings. The first-order chi connectivity index (χ1) is 9.31. The Morgan fingerprint density at radius 1 is 1.32 bits per heavy atom. The van der Waals surface area contributed by atoms with E-state index in [0.717, 1.165) is 34.6 Å². The van der Waals surface area contributed by atoms with Gasteiger partial charge in [-0.3, -0.25) is 0 Å². The maximum absolute atomic E-state index is 5.93. The molecule has 0 aliphatic heterocycles. The zero-order chi connectivity index (χ0) is 13.2. The highest BCUT2D eigenvalue weighted by Gasteiger charge is 2.22. The standard InChI is InChI=1S/C15H19NO3/c1-17-9-13-12-7-11(18-2)5-6-14(12)19-15(13)8-16-10-3-4-10/h5-7,10,16H,3-4,8-9H2,1-2H3. The largest absolute Gasteiger partial charge is 0.497 e. The van der Waals surface area contributed by atoms with E-state index >= 15 is 0 Å². The first-order valence-corrected chi connectivity index (χ1v) is 6.62. The third-order valence-electron chi connectivity index (χ3n) is 3.50. The van der Waals surface area contributed by atoms with E-state index in [1.54, 1.807) is 14.2 Å². The van der Waals surface area contributed by atoms with Crippen LogP contribution in [0.3, 0.4) is 0 Å². The Bertz CT molecular complexity index is 572. The van der Waals surface area contributed by atoms with Gasteiger partial charge >= 0.3 is 0 Å². The van der Waals surface area contributed by atoms with Crippen molar-refractivity contribution < 1.29 is 13.9 Å². The molecule has 1 heterocycles. The first kappa shape index (κ1) is 12.5. The molecule has 2 aromatic rings. The van der Waals surface area contributed by atoms with Crippen LogP contribution in [0, 0.1) is 0 Å². The Morgan fingerprint density at radius 3 is 2.84 bits per heavy atom. The Labute approximate surface area is 112 Å². The van der Waals surface area contributed by atoms with Gasteiger partial charge in [0.2, 0.25) is 0 Å². The predicted octanol–water partition coefficient (Wildman–Crippen LogP) is 2.84. The zero-order valence-corrected chi connectivity index (χ0v) is 11.4. The van der Waals surface area contributed by atoms with Crippen molar-refractivity contribution in [1.29, 1.82) is 0 Å².